The van der Waals surface area contributed by atoms with Crippen molar-refractivity contribution in [1.29, 1.82) is 0 Å². The maximum absolute atomic E-state index is 13.2. The number of hydrogen-bond acceptors (Lipinski definition) is 4. The molecule has 0 fully saturated rings. The molecule has 0 saturated carbocycles. The van der Waals surface area contributed by atoms with E-state index >= 15 is 0 Å². The van der Waals surface area contributed by atoms with Crippen LogP contribution in [0.25, 0.3) is 21.8 Å². The molecule has 0 unspecified atom stereocenters. The van der Waals surface area contributed by atoms with E-state index in [2.05, 4.69) is 9.97 Å². The molecule has 112 valence electrons. The quantitative estimate of drug-likeness (QED) is 0.566. The van der Waals surface area contributed by atoms with Crippen LogP contribution < -0.4 is 0 Å². The Morgan fingerprint density at radius 3 is 1.52 bits per heavy atom. The summed E-state index contributed by atoms with van der Waals surface area (Å²) in [7, 11) is -3.67. The first kappa shape index (κ1) is 13.8. The summed E-state index contributed by atoms with van der Waals surface area (Å²) in [5.41, 5.74) is 1.32. The van der Waals surface area contributed by atoms with E-state index in [4.69, 9.17) is 0 Å². The average Bonchev–Trinajstić information content (AvgIpc) is 2.60. The van der Waals surface area contributed by atoms with Crippen LogP contribution in [0.15, 0.2) is 82.8 Å². The minimum Gasteiger partial charge on any atom is -0.256 e. The third-order valence-corrected chi connectivity index (χ3v) is 5.67. The largest absolute Gasteiger partial charge is 0.256 e. The third kappa shape index (κ3) is 2.17. The van der Waals surface area contributed by atoms with Crippen molar-refractivity contribution < 1.29 is 8.42 Å². The van der Waals surface area contributed by atoms with Crippen LogP contribution >= 0.6 is 0 Å². The highest BCUT2D eigenvalue weighted by molar-refractivity contribution is 7.92. The lowest BCUT2D eigenvalue weighted by atomic mass is 10.2. The van der Waals surface area contributed by atoms with Gasteiger partial charge in [-0.1, -0.05) is 36.4 Å². The maximum atomic E-state index is 13.2. The molecular formula is C18H12N2O2S. The number of aromatic nitrogens is 2. The Labute approximate surface area is 133 Å². The van der Waals surface area contributed by atoms with Crippen molar-refractivity contribution in [2.45, 2.75) is 9.79 Å². The van der Waals surface area contributed by atoms with Gasteiger partial charge < -0.3 is 0 Å². The molecule has 4 aromatic rings. The number of para-hydroxylation sites is 2. The van der Waals surface area contributed by atoms with E-state index in [0.717, 1.165) is 0 Å². The number of pyridine rings is 2. The van der Waals surface area contributed by atoms with Crippen LogP contribution in [0.4, 0.5) is 0 Å². The van der Waals surface area contributed by atoms with Crippen LogP contribution in [0.3, 0.4) is 0 Å². The van der Waals surface area contributed by atoms with E-state index in [1.165, 1.54) is 12.4 Å². The van der Waals surface area contributed by atoms with E-state index in [1.54, 1.807) is 36.4 Å². The van der Waals surface area contributed by atoms with Gasteiger partial charge in [-0.25, -0.2) is 8.42 Å². The van der Waals surface area contributed by atoms with Crippen molar-refractivity contribution in [3.05, 3.63) is 73.1 Å². The molecule has 5 heteroatoms. The van der Waals surface area contributed by atoms with Crippen molar-refractivity contribution in [1.82, 2.24) is 9.97 Å². The topological polar surface area (TPSA) is 59.9 Å². The summed E-state index contributed by atoms with van der Waals surface area (Å²) in [6.45, 7) is 0. The predicted octanol–water partition coefficient (Wildman–Crippen LogP) is 3.62. The van der Waals surface area contributed by atoms with Gasteiger partial charge in [0.2, 0.25) is 9.84 Å². The van der Waals surface area contributed by atoms with Gasteiger partial charge in [0, 0.05) is 23.2 Å². The number of benzene rings is 2. The van der Waals surface area contributed by atoms with Gasteiger partial charge >= 0.3 is 0 Å². The van der Waals surface area contributed by atoms with E-state index in [1.807, 2.05) is 24.3 Å². The molecule has 4 nitrogen and oxygen atoms in total. The van der Waals surface area contributed by atoms with Gasteiger partial charge in [-0.05, 0) is 24.3 Å². The van der Waals surface area contributed by atoms with Crippen LogP contribution in [0, 0.1) is 0 Å². The van der Waals surface area contributed by atoms with Gasteiger partial charge in [-0.2, -0.15) is 0 Å². The number of nitrogens with zero attached hydrogens (tertiary/aromatic N) is 2. The van der Waals surface area contributed by atoms with Crippen molar-refractivity contribution in [2.75, 3.05) is 0 Å². The fourth-order valence-electron chi connectivity index (χ4n) is 2.73. The summed E-state index contributed by atoms with van der Waals surface area (Å²) in [5.74, 6) is 0. The summed E-state index contributed by atoms with van der Waals surface area (Å²) in [6.07, 6.45) is 3.05. The van der Waals surface area contributed by atoms with Crippen molar-refractivity contribution in [3.63, 3.8) is 0 Å². The zero-order valence-corrected chi connectivity index (χ0v) is 12.9. The molecule has 2 heterocycles. The van der Waals surface area contributed by atoms with Gasteiger partial charge in [0.1, 0.15) is 0 Å². The lowest BCUT2D eigenvalue weighted by Gasteiger charge is -2.10. The second kappa shape index (κ2) is 5.14. The molecule has 23 heavy (non-hydrogen) atoms. The fraction of sp³-hybridized carbons (Fsp3) is 0. The SMILES string of the molecule is O=S(=O)(c1ccnc2ccccc12)c1ccnc2ccccc12. The summed E-state index contributed by atoms with van der Waals surface area (Å²) < 4.78 is 26.4. The Morgan fingerprint density at radius 2 is 1.04 bits per heavy atom. The van der Waals surface area contributed by atoms with Gasteiger partial charge in [-0.3, -0.25) is 9.97 Å². The number of hydrogen-bond donors (Lipinski definition) is 0. The molecule has 2 aromatic carbocycles. The zero-order valence-electron chi connectivity index (χ0n) is 12.0. The molecule has 0 spiro atoms. The van der Waals surface area contributed by atoms with E-state index in [9.17, 15) is 8.42 Å². The molecule has 0 aliphatic carbocycles. The van der Waals surface area contributed by atoms with E-state index < -0.39 is 9.84 Å². The molecule has 0 aliphatic rings. The number of rotatable bonds is 2. The maximum Gasteiger partial charge on any atom is 0.208 e. The summed E-state index contributed by atoms with van der Waals surface area (Å²) >= 11 is 0. The summed E-state index contributed by atoms with van der Waals surface area (Å²) in [6, 6.07) is 17.6. The molecular weight excluding hydrogens is 308 g/mol. The fourth-order valence-corrected chi connectivity index (χ4v) is 4.37. The predicted molar refractivity (Wildman–Crippen MR) is 88.9 cm³/mol. The first-order chi connectivity index (χ1) is 11.2. The van der Waals surface area contributed by atoms with Gasteiger partial charge in [0.15, 0.2) is 0 Å². The van der Waals surface area contributed by atoms with Gasteiger partial charge in [0.05, 0.1) is 20.8 Å². The monoisotopic (exact) mass is 320 g/mol. The van der Waals surface area contributed by atoms with Crippen LogP contribution in [-0.4, -0.2) is 18.4 Å². The Bertz CT molecular complexity index is 1040. The first-order valence-corrected chi connectivity index (χ1v) is 8.59. The zero-order chi connectivity index (χ0) is 15.9. The van der Waals surface area contributed by atoms with Crippen LogP contribution in [0.2, 0.25) is 0 Å². The molecule has 0 saturated heterocycles. The Balaban J connectivity index is 2.07. The summed E-state index contributed by atoms with van der Waals surface area (Å²) in [5, 5.41) is 1.24. The molecule has 4 rings (SSSR count). The summed E-state index contributed by atoms with van der Waals surface area (Å²) in [4.78, 5) is 9.00. The number of fused-ring (bicyclic) bond motifs is 2. The van der Waals surface area contributed by atoms with Crippen LogP contribution in [0.1, 0.15) is 0 Å². The van der Waals surface area contributed by atoms with Gasteiger partial charge in [-0.15, -0.1) is 0 Å². The first-order valence-electron chi connectivity index (χ1n) is 7.10. The lowest BCUT2D eigenvalue weighted by molar-refractivity contribution is 0.597. The Kier molecular flexibility index (Phi) is 3.09. The van der Waals surface area contributed by atoms with Crippen molar-refractivity contribution >= 4 is 31.6 Å². The minimum atomic E-state index is -3.67. The van der Waals surface area contributed by atoms with E-state index in [-0.39, 0.29) is 9.79 Å². The van der Waals surface area contributed by atoms with Crippen LogP contribution in [-0.2, 0) is 9.84 Å². The molecule has 0 N–H and O–H groups in total. The molecule has 0 radical (unpaired) electrons. The standard InChI is InChI=1S/C18H12N2O2S/c21-23(22,17-9-11-19-15-7-3-1-5-13(15)17)18-10-12-20-16-8-4-2-6-14(16)18/h1-12H. The van der Waals surface area contributed by atoms with Crippen molar-refractivity contribution in [3.8, 4) is 0 Å². The highest BCUT2D eigenvalue weighted by Gasteiger charge is 2.22. The highest BCUT2D eigenvalue weighted by atomic mass is 32.2. The smallest absolute Gasteiger partial charge is 0.208 e. The Hall–Kier alpha value is -2.79. The second-order valence-corrected chi connectivity index (χ2v) is 7.04. The molecule has 0 amide bonds. The molecule has 0 aliphatic heterocycles. The lowest BCUT2D eigenvalue weighted by Crippen LogP contribution is -2.04. The van der Waals surface area contributed by atoms with Gasteiger partial charge in [0.25, 0.3) is 0 Å². The molecule has 0 atom stereocenters. The molecule has 2 aromatic heterocycles. The highest BCUT2D eigenvalue weighted by Crippen LogP contribution is 2.30. The minimum absolute atomic E-state index is 0.263. The van der Waals surface area contributed by atoms with Crippen molar-refractivity contribution in [2.24, 2.45) is 0 Å². The normalized spacial score (nSPS) is 11.8. The Morgan fingerprint density at radius 1 is 0.609 bits per heavy atom. The second-order valence-electron chi connectivity index (χ2n) is 5.16. The average molecular weight is 320 g/mol. The third-order valence-electron chi connectivity index (χ3n) is 3.80. The number of sulfone groups is 1. The van der Waals surface area contributed by atoms with E-state index in [0.29, 0.717) is 21.8 Å². The van der Waals surface area contributed by atoms with Crippen LogP contribution in [0.5, 0.6) is 0 Å². The molecule has 0 bridgehead atoms.